The smallest absolute Gasteiger partial charge is 0.234 e. The van der Waals surface area contributed by atoms with Crippen molar-refractivity contribution in [2.24, 2.45) is 7.05 Å². The lowest BCUT2D eigenvalue weighted by Gasteiger charge is -2.15. The SMILES string of the molecule is Cc1nn(C)cc1CN(C)CC(=O)NCCc1ccccc1. The second kappa shape index (κ2) is 7.75. The van der Waals surface area contributed by atoms with Crippen molar-refractivity contribution in [2.45, 2.75) is 19.9 Å². The van der Waals surface area contributed by atoms with Crippen LogP contribution in [0.4, 0.5) is 0 Å². The van der Waals surface area contributed by atoms with E-state index >= 15 is 0 Å². The lowest BCUT2D eigenvalue weighted by Crippen LogP contribution is -2.35. The summed E-state index contributed by atoms with van der Waals surface area (Å²) in [6.45, 7) is 3.78. The number of hydrogen-bond acceptors (Lipinski definition) is 3. The number of amides is 1. The second-order valence-electron chi connectivity index (χ2n) is 5.67. The van der Waals surface area contributed by atoms with Gasteiger partial charge in [-0.2, -0.15) is 5.10 Å². The van der Waals surface area contributed by atoms with E-state index in [9.17, 15) is 4.79 Å². The first-order chi connectivity index (χ1) is 10.5. The maximum absolute atomic E-state index is 12.0. The quantitative estimate of drug-likeness (QED) is 0.843. The van der Waals surface area contributed by atoms with Crippen molar-refractivity contribution in [1.82, 2.24) is 20.0 Å². The number of benzene rings is 1. The minimum Gasteiger partial charge on any atom is -0.355 e. The molecule has 0 bridgehead atoms. The first-order valence-corrected chi connectivity index (χ1v) is 7.53. The van der Waals surface area contributed by atoms with Gasteiger partial charge in [-0.1, -0.05) is 30.3 Å². The van der Waals surface area contributed by atoms with Gasteiger partial charge >= 0.3 is 0 Å². The van der Waals surface area contributed by atoms with Crippen molar-refractivity contribution in [3.63, 3.8) is 0 Å². The number of nitrogens with zero attached hydrogens (tertiary/aromatic N) is 3. The van der Waals surface area contributed by atoms with E-state index in [1.54, 1.807) is 4.68 Å². The van der Waals surface area contributed by atoms with E-state index in [0.29, 0.717) is 13.1 Å². The van der Waals surface area contributed by atoms with E-state index in [1.807, 2.05) is 50.3 Å². The molecule has 0 unspecified atom stereocenters. The lowest BCUT2D eigenvalue weighted by molar-refractivity contribution is -0.122. The molecule has 1 N–H and O–H groups in total. The van der Waals surface area contributed by atoms with Crippen molar-refractivity contribution in [2.75, 3.05) is 20.1 Å². The normalized spacial score (nSPS) is 10.9. The Morgan fingerprint density at radius 2 is 2.05 bits per heavy atom. The Kier molecular flexibility index (Phi) is 5.72. The summed E-state index contributed by atoms with van der Waals surface area (Å²) >= 11 is 0. The number of aryl methyl sites for hydroxylation is 2. The molecule has 0 aliphatic heterocycles. The molecule has 5 nitrogen and oxygen atoms in total. The van der Waals surface area contributed by atoms with Gasteiger partial charge in [0, 0.05) is 31.9 Å². The minimum absolute atomic E-state index is 0.0555. The topological polar surface area (TPSA) is 50.2 Å². The molecule has 1 aromatic heterocycles. The van der Waals surface area contributed by atoms with Crippen molar-refractivity contribution in [3.05, 3.63) is 53.3 Å². The van der Waals surface area contributed by atoms with Crippen molar-refractivity contribution >= 4 is 5.91 Å². The van der Waals surface area contributed by atoms with Gasteiger partial charge in [-0.25, -0.2) is 0 Å². The van der Waals surface area contributed by atoms with Crippen molar-refractivity contribution in [3.8, 4) is 0 Å². The summed E-state index contributed by atoms with van der Waals surface area (Å²) in [7, 11) is 3.86. The molecule has 0 fully saturated rings. The average Bonchev–Trinajstić information content (AvgIpc) is 2.77. The highest BCUT2D eigenvalue weighted by Gasteiger charge is 2.10. The maximum Gasteiger partial charge on any atom is 0.234 e. The molecule has 0 atom stereocenters. The first-order valence-electron chi connectivity index (χ1n) is 7.53. The molecule has 1 amide bonds. The fraction of sp³-hybridized carbons (Fsp3) is 0.412. The Labute approximate surface area is 131 Å². The Balaban J connectivity index is 1.71. The van der Waals surface area contributed by atoms with Gasteiger partial charge in [0.1, 0.15) is 0 Å². The van der Waals surface area contributed by atoms with Gasteiger partial charge in [0.25, 0.3) is 0 Å². The Morgan fingerprint density at radius 1 is 1.32 bits per heavy atom. The molecule has 1 aromatic carbocycles. The summed E-state index contributed by atoms with van der Waals surface area (Å²) in [4.78, 5) is 14.0. The molecule has 0 saturated carbocycles. The highest BCUT2D eigenvalue weighted by molar-refractivity contribution is 5.77. The summed E-state index contributed by atoms with van der Waals surface area (Å²) in [6.07, 6.45) is 2.86. The fourth-order valence-electron chi connectivity index (χ4n) is 2.44. The van der Waals surface area contributed by atoms with Crippen molar-refractivity contribution < 1.29 is 4.79 Å². The Morgan fingerprint density at radius 3 is 2.68 bits per heavy atom. The van der Waals surface area contributed by atoms with Crippen LogP contribution in [0.15, 0.2) is 36.5 Å². The molecule has 118 valence electrons. The Bertz CT molecular complexity index is 606. The summed E-state index contributed by atoms with van der Waals surface area (Å²) in [5.74, 6) is 0.0555. The largest absolute Gasteiger partial charge is 0.355 e. The van der Waals surface area contributed by atoms with Gasteiger partial charge < -0.3 is 5.32 Å². The van der Waals surface area contributed by atoms with Gasteiger partial charge in [-0.3, -0.25) is 14.4 Å². The van der Waals surface area contributed by atoms with Gasteiger partial charge in [-0.05, 0) is 26.0 Å². The summed E-state index contributed by atoms with van der Waals surface area (Å²) in [5.41, 5.74) is 3.41. The summed E-state index contributed by atoms with van der Waals surface area (Å²) in [6, 6.07) is 10.2. The molecular weight excluding hydrogens is 276 g/mol. The number of carbonyl (C=O) groups excluding carboxylic acids is 1. The average molecular weight is 300 g/mol. The highest BCUT2D eigenvalue weighted by Crippen LogP contribution is 2.07. The third-order valence-electron chi connectivity index (χ3n) is 3.55. The molecule has 0 spiro atoms. The monoisotopic (exact) mass is 300 g/mol. The highest BCUT2D eigenvalue weighted by atomic mass is 16.2. The standard InChI is InChI=1S/C17H24N4O/c1-14-16(12-21(3)19-14)11-20(2)13-17(22)18-10-9-15-7-5-4-6-8-15/h4-8,12H,9-11,13H2,1-3H3,(H,18,22). The number of carbonyl (C=O) groups is 1. The number of rotatable bonds is 7. The maximum atomic E-state index is 12.0. The first kappa shape index (κ1) is 16.2. The van der Waals surface area contributed by atoms with Crippen LogP contribution in [0.2, 0.25) is 0 Å². The van der Waals surface area contributed by atoms with E-state index in [0.717, 1.165) is 24.2 Å². The van der Waals surface area contributed by atoms with E-state index in [2.05, 4.69) is 22.5 Å². The molecule has 22 heavy (non-hydrogen) atoms. The van der Waals surface area contributed by atoms with E-state index in [4.69, 9.17) is 0 Å². The molecule has 2 aromatic rings. The van der Waals surface area contributed by atoms with E-state index in [-0.39, 0.29) is 5.91 Å². The Hall–Kier alpha value is -2.14. The number of hydrogen-bond donors (Lipinski definition) is 1. The zero-order chi connectivity index (χ0) is 15.9. The molecule has 1 heterocycles. The third-order valence-corrected chi connectivity index (χ3v) is 3.55. The van der Waals surface area contributed by atoms with Gasteiger partial charge in [0.15, 0.2) is 0 Å². The molecular formula is C17H24N4O. The van der Waals surface area contributed by atoms with Gasteiger partial charge in [0.2, 0.25) is 5.91 Å². The van der Waals surface area contributed by atoms with Crippen LogP contribution in [0.25, 0.3) is 0 Å². The lowest BCUT2D eigenvalue weighted by atomic mass is 10.1. The third kappa shape index (κ3) is 5.00. The minimum atomic E-state index is 0.0555. The molecule has 0 radical (unpaired) electrons. The van der Waals surface area contributed by atoms with Crippen LogP contribution in [-0.4, -0.2) is 40.7 Å². The molecule has 2 rings (SSSR count). The van der Waals surface area contributed by atoms with Crippen LogP contribution >= 0.6 is 0 Å². The van der Waals surface area contributed by atoms with Crippen LogP contribution in [-0.2, 0) is 24.8 Å². The van der Waals surface area contributed by atoms with E-state index in [1.165, 1.54) is 5.56 Å². The van der Waals surface area contributed by atoms with Crippen LogP contribution in [0.3, 0.4) is 0 Å². The molecule has 5 heteroatoms. The number of aromatic nitrogens is 2. The van der Waals surface area contributed by atoms with Crippen LogP contribution in [0.1, 0.15) is 16.8 Å². The molecule has 0 saturated heterocycles. The van der Waals surface area contributed by atoms with Gasteiger partial charge in [-0.15, -0.1) is 0 Å². The molecule has 0 aliphatic rings. The van der Waals surface area contributed by atoms with Crippen LogP contribution < -0.4 is 5.32 Å². The summed E-state index contributed by atoms with van der Waals surface area (Å²) < 4.78 is 1.80. The van der Waals surface area contributed by atoms with Crippen molar-refractivity contribution in [1.29, 1.82) is 0 Å². The zero-order valence-electron chi connectivity index (χ0n) is 13.5. The van der Waals surface area contributed by atoms with Gasteiger partial charge in [0.05, 0.1) is 12.2 Å². The molecule has 0 aliphatic carbocycles. The number of likely N-dealkylation sites (N-methyl/N-ethyl adjacent to an activating group) is 1. The van der Waals surface area contributed by atoms with Crippen LogP contribution in [0, 0.1) is 6.92 Å². The van der Waals surface area contributed by atoms with Crippen LogP contribution in [0.5, 0.6) is 0 Å². The van der Waals surface area contributed by atoms with E-state index < -0.39 is 0 Å². The predicted octanol–water partition coefficient (Wildman–Crippen LogP) is 1.52. The number of nitrogens with one attached hydrogen (secondary N) is 1. The predicted molar refractivity (Wildman–Crippen MR) is 87.4 cm³/mol. The second-order valence-corrected chi connectivity index (χ2v) is 5.67. The fourth-order valence-corrected chi connectivity index (χ4v) is 2.44. The zero-order valence-corrected chi connectivity index (χ0v) is 13.5. The summed E-state index contributed by atoms with van der Waals surface area (Å²) in [5, 5.41) is 7.28.